The maximum absolute atomic E-state index is 12.1. The van der Waals surface area contributed by atoms with Gasteiger partial charge in [0.2, 0.25) is 0 Å². The number of hydrogen-bond donors (Lipinski definition) is 2. The van der Waals surface area contributed by atoms with Gasteiger partial charge in [-0.25, -0.2) is 9.59 Å². The van der Waals surface area contributed by atoms with Gasteiger partial charge in [0.15, 0.2) is 0 Å². The Kier molecular flexibility index (Phi) is 5.65. The molecule has 0 aliphatic carbocycles. The number of carbonyl (C=O) groups is 3. The van der Waals surface area contributed by atoms with Crippen molar-refractivity contribution in [2.45, 2.75) is 13.5 Å². The average Bonchev–Trinajstić information content (AvgIpc) is 2.94. The first-order valence-corrected chi connectivity index (χ1v) is 8.86. The quantitative estimate of drug-likeness (QED) is 0.571. The third-order valence-corrected chi connectivity index (χ3v) is 4.41. The van der Waals surface area contributed by atoms with Gasteiger partial charge < -0.3 is 15.2 Å². The number of carboxylic acids is 1. The van der Waals surface area contributed by atoms with Gasteiger partial charge in [-0.05, 0) is 48.4 Å². The van der Waals surface area contributed by atoms with Crippen molar-refractivity contribution < 1.29 is 24.2 Å². The number of halogens is 1. The minimum Gasteiger partial charge on any atom is -0.487 e. The molecule has 8 heteroatoms. The Labute approximate surface area is 166 Å². The van der Waals surface area contributed by atoms with E-state index in [1.54, 1.807) is 43.3 Å². The molecular formula is C20H17ClN2O5. The molecule has 144 valence electrons. The lowest BCUT2D eigenvalue weighted by Crippen LogP contribution is -2.30. The van der Waals surface area contributed by atoms with Crippen LogP contribution in [0, 0.1) is 0 Å². The molecule has 0 unspecified atom stereocenters. The highest BCUT2D eigenvalue weighted by Crippen LogP contribution is 2.27. The molecule has 2 aromatic carbocycles. The third-order valence-electron chi connectivity index (χ3n) is 4.11. The highest BCUT2D eigenvalue weighted by molar-refractivity contribution is 6.32. The van der Waals surface area contributed by atoms with Gasteiger partial charge in [-0.15, -0.1) is 0 Å². The van der Waals surface area contributed by atoms with Crippen molar-refractivity contribution in [3.8, 4) is 5.75 Å². The van der Waals surface area contributed by atoms with Crippen LogP contribution in [0.25, 0.3) is 6.08 Å². The second kappa shape index (κ2) is 8.14. The zero-order valence-corrected chi connectivity index (χ0v) is 15.7. The van der Waals surface area contributed by atoms with Crippen LogP contribution in [0.3, 0.4) is 0 Å². The van der Waals surface area contributed by atoms with Crippen LogP contribution >= 0.6 is 11.6 Å². The largest absolute Gasteiger partial charge is 0.487 e. The van der Waals surface area contributed by atoms with Gasteiger partial charge in [0.1, 0.15) is 18.1 Å². The lowest BCUT2D eigenvalue weighted by atomic mass is 10.1. The van der Waals surface area contributed by atoms with Crippen LogP contribution in [-0.4, -0.2) is 34.5 Å². The lowest BCUT2D eigenvalue weighted by Gasteiger charge is -2.09. The molecule has 3 rings (SSSR count). The molecular weight excluding hydrogens is 384 g/mol. The Morgan fingerprint density at radius 1 is 1.25 bits per heavy atom. The summed E-state index contributed by atoms with van der Waals surface area (Å²) in [6, 6.07) is 11.0. The fourth-order valence-corrected chi connectivity index (χ4v) is 2.95. The number of benzene rings is 2. The van der Waals surface area contributed by atoms with Crippen LogP contribution in [0.15, 0.2) is 48.2 Å². The summed E-state index contributed by atoms with van der Waals surface area (Å²) in [4.78, 5) is 35.9. The smallest absolute Gasteiger partial charge is 0.335 e. The minimum atomic E-state index is -1.01. The summed E-state index contributed by atoms with van der Waals surface area (Å²) >= 11 is 6.25. The molecule has 1 fully saturated rings. The predicted molar refractivity (Wildman–Crippen MR) is 103 cm³/mol. The molecule has 0 aromatic heterocycles. The maximum Gasteiger partial charge on any atom is 0.335 e. The number of ether oxygens (including phenoxy) is 1. The Bertz CT molecular complexity index is 986. The molecule has 28 heavy (non-hydrogen) atoms. The minimum absolute atomic E-state index is 0.154. The molecule has 2 N–H and O–H groups in total. The van der Waals surface area contributed by atoms with Crippen molar-refractivity contribution in [1.82, 2.24) is 10.2 Å². The van der Waals surface area contributed by atoms with E-state index in [9.17, 15) is 14.4 Å². The predicted octanol–water partition coefficient (Wildman–Crippen LogP) is 3.53. The number of aromatic carboxylic acids is 1. The van der Waals surface area contributed by atoms with Gasteiger partial charge in [0.05, 0.1) is 10.6 Å². The first kappa shape index (κ1) is 19.4. The van der Waals surface area contributed by atoms with E-state index in [2.05, 4.69) is 5.32 Å². The zero-order chi connectivity index (χ0) is 20.3. The fraction of sp³-hybridized carbons (Fsp3) is 0.150. The number of nitrogens with zero attached hydrogens (tertiary/aromatic N) is 1. The van der Waals surface area contributed by atoms with E-state index in [1.165, 1.54) is 12.1 Å². The number of likely N-dealkylation sites (N-methyl/N-ethyl adjacent to an activating group) is 1. The summed E-state index contributed by atoms with van der Waals surface area (Å²) in [7, 11) is 0. The molecule has 0 bridgehead atoms. The second-order valence-corrected chi connectivity index (χ2v) is 6.43. The molecule has 0 saturated carbocycles. The van der Waals surface area contributed by atoms with E-state index in [-0.39, 0.29) is 23.8 Å². The summed E-state index contributed by atoms with van der Waals surface area (Å²) in [6.07, 6.45) is 1.54. The number of rotatable bonds is 6. The summed E-state index contributed by atoms with van der Waals surface area (Å²) in [5, 5.41) is 11.9. The van der Waals surface area contributed by atoms with Crippen LogP contribution in [-0.2, 0) is 11.4 Å². The van der Waals surface area contributed by atoms with Crippen molar-refractivity contribution in [2.24, 2.45) is 0 Å². The normalized spacial score (nSPS) is 15.1. The van der Waals surface area contributed by atoms with E-state index in [0.29, 0.717) is 28.4 Å². The van der Waals surface area contributed by atoms with E-state index in [0.717, 1.165) is 4.90 Å². The zero-order valence-electron chi connectivity index (χ0n) is 14.9. The van der Waals surface area contributed by atoms with Crippen LogP contribution < -0.4 is 10.1 Å². The molecule has 2 aromatic rings. The van der Waals surface area contributed by atoms with Crippen molar-refractivity contribution in [3.63, 3.8) is 0 Å². The number of carbonyl (C=O) groups excluding carboxylic acids is 2. The van der Waals surface area contributed by atoms with Crippen molar-refractivity contribution in [1.29, 1.82) is 0 Å². The van der Waals surface area contributed by atoms with Crippen LogP contribution in [0.5, 0.6) is 5.75 Å². The van der Waals surface area contributed by atoms with Crippen molar-refractivity contribution in [3.05, 3.63) is 69.9 Å². The molecule has 0 radical (unpaired) electrons. The molecule has 1 heterocycles. The maximum atomic E-state index is 12.1. The number of hydrogen-bond acceptors (Lipinski definition) is 4. The monoisotopic (exact) mass is 400 g/mol. The van der Waals surface area contributed by atoms with E-state index in [1.807, 2.05) is 0 Å². The lowest BCUT2D eigenvalue weighted by molar-refractivity contribution is -0.122. The highest BCUT2D eigenvalue weighted by atomic mass is 35.5. The van der Waals surface area contributed by atoms with E-state index >= 15 is 0 Å². The standard InChI is InChI=1S/C20H17ClN2O5/c1-2-23-18(24)16(22-20(23)27)10-12-6-7-17(15(21)9-12)28-11-13-4-3-5-14(8-13)19(25)26/h3-10H,2,11H2,1H3,(H,22,27)(H,25,26)/b16-10-. The third kappa shape index (κ3) is 4.15. The second-order valence-electron chi connectivity index (χ2n) is 6.02. The number of nitrogens with one attached hydrogen (secondary N) is 1. The van der Waals surface area contributed by atoms with Crippen LogP contribution in [0.4, 0.5) is 4.79 Å². The molecule has 3 amide bonds. The molecule has 0 spiro atoms. The molecule has 0 atom stereocenters. The van der Waals surface area contributed by atoms with Gasteiger partial charge in [-0.3, -0.25) is 9.69 Å². The summed E-state index contributed by atoms with van der Waals surface area (Å²) in [6.45, 7) is 2.16. The molecule has 7 nitrogen and oxygen atoms in total. The Hall–Kier alpha value is -3.32. The Morgan fingerprint density at radius 3 is 2.68 bits per heavy atom. The molecule has 1 aliphatic rings. The number of urea groups is 1. The Balaban J connectivity index is 1.72. The fourth-order valence-electron chi connectivity index (χ4n) is 2.70. The van der Waals surface area contributed by atoms with Gasteiger partial charge in [-0.2, -0.15) is 0 Å². The van der Waals surface area contributed by atoms with Gasteiger partial charge in [0.25, 0.3) is 5.91 Å². The summed E-state index contributed by atoms with van der Waals surface area (Å²) in [5.74, 6) is -0.976. The van der Waals surface area contributed by atoms with Crippen LogP contribution in [0.2, 0.25) is 5.02 Å². The number of amides is 3. The highest BCUT2D eigenvalue weighted by Gasteiger charge is 2.31. The number of carboxylic acid groups (broad SMARTS) is 1. The van der Waals surface area contributed by atoms with Crippen molar-refractivity contribution >= 4 is 35.6 Å². The Morgan fingerprint density at radius 2 is 2.04 bits per heavy atom. The number of imide groups is 1. The summed E-state index contributed by atoms with van der Waals surface area (Å²) < 4.78 is 5.66. The molecule has 1 saturated heterocycles. The van der Waals surface area contributed by atoms with Gasteiger partial charge in [-0.1, -0.05) is 29.8 Å². The van der Waals surface area contributed by atoms with Gasteiger partial charge >= 0.3 is 12.0 Å². The van der Waals surface area contributed by atoms with E-state index < -0.39 is 12.0 Å². The van der Waals surface area contributed by atoms with Crippen LogP contribution in [0.1, 0.15) is 28.4 Å². The van der Waals surface area contributed by atoms with Crippen molar-refractivity contribution in [2.75, 3.05) is 6.54 Å². The first-order chi connectivity index (χ1) is 13.4. The van der Waals surface area contributed by atoms with E-state index in [4.69, 9.17) is 21.4 Å². The molecule has 1 aliphatic heterocycles. The summed E-state index contributed by atoms with van der Waals surface area (Å²) in [5.41, 5.74) is 1.69. The van der Waals surface area contributed by atoms with Gasteiger partial charge in [0, 0.05) is 6.54 Å². The topological polar surface area (TPSA) is 95.9 Å². The average molecular weight is 401 g/mol. The first-order valence-electron chi connectivity index (χ1n) is 8.48. The SMILES string of the molecule is CCN1C(=O)N/C(=C\c2ccc(OCc3cccc(C(=O)O)c3)c(Cl)c2)C1=O.